The highest BCUT2D eigenvalue weighted by Gasteiger charge is 2.21. The zero-order chi connectivity index (χ0) is 23.0. The molecule has 2 heterocycles. The van der Waals surface area contributed by atoms with E-state index in [-0.39, 0.29) is 18.4 Å². The highest BCUT2D eigenvalue weighted by molar-refractivity contribution is 7.17. The lowest BCUT2D eigenvalue weighted by molar-refractivity contribution is -0.125. The van der Waals surface area contributed by atoms with Crippen LogP contribution in [-0.4, -0.2) is 37.5 Å². The molecule has 7 nitrogen and oxygen atoms in total. The van der Waals surface area contributed by atoms with E-state index in [1.807, 2.05) is 25.1 Å². The maximum Gasteiger partial charge on any atom is 0.258 e. The number of benzene rings is 1. The lowest BCUT2D eigenvalue weighted by Crippen LogP contribution is -2.42. The van der Waals surface area contributed by atoms with Crippen molar-refractivity contribution >= 4 is 52.0 Å². The van der Waals surface area contributed by atoms with E-state index in [4.69, 9.17) is 22.1 Å². The minimum atomic E-state index is -0.424. The van der Waals surface area contributed by atoms with Gasteiger partial charge in [0.2, 0.25) is 5.91 Å². The van der Waals surface area contributed by atoms with Gasteiger partial charge >= 0.3 is 0 Å². The largest absolute Gasteiger partial charge is 0.370 e. The summed E-state index contributed by atoms with van der Waals surface area (Å²) in [7, 11) is 0. The number of rotatable bonds is 6. The summed E-state index contributed by atoms with van der Waals surface area (Å²) in [5.74, 6) is 0.0977. The van der Waals surface area contributed by atoms with Crippen LogP contribution in [0.3, 0.4) is 0 Å². The van der Waals surface area contributed by atoms with Crippen molar-refractivity contribution in [3.63, 3.8) is 0 Å². The molecule has 1 saturated heterocycles. The molecule has 9 heteroatoms. The van der Waals surface area contributed by atoms with Gasteiger partial charge in [-0.3, -0.25) is 14.4 Å². The van der Waals surface area contributed by atoms with E-state index in [1.165, 1.54) is 11.3 Å². The van der Waals surface area contributed by atoms with E-state index in [2.05, 4.69) is 19.2 Å². The van der Waals surface area contributed by atoms with Gasteiger partial charge in [-0.1, -0.05) is 25.4 Å². The van der Waals surface area contributed by atoms with Crippen LogP contribution in [-0.2, 0) is 14.3 Å². The molecule has 0 atom stereocenters. The summed E-state index contributed by atoms with van der Waals surface area (Å²) in [6.07, 6.45) is 1.41. The Balaban J connectivity index is 0.000000316. The van der Waals surface area contributed by atoms with Gasteiger partial charge in [-0.25, -0.2) is 0 Å². The molecule has 3 rings (SSSR count). The second kappa shape index (κ2) is 11.8. The number of anilines is 2. The number of hydrogen-bond acceptors (Lipinski definition) is 5. The van der Waals surface area contributed by atoms with Gasteiger partial charge < -0.3 is 20.7 Å². The fraction of sp³-hybridized carbons (Fsp3) is 0.409. The Labute approximate surface area is 191 Å². The number of nitrogens with two attached hydrogens (primary N) is 1. The molecule has 3 amide bonds. The number of nitrogens with zero attached hydrogens (tertiary/aromatic N) is 1. The summed E-state index contributed by atoms with van der Waals surface area (Å²) < 4.78 is 5.73. The lowest BCUT2D eigenvalue weighted by Gasteiger charge is -2.28. The lowest BCUT2D eigenvalue weighted by atomic mass is 10.1. The number of morpholine rings is 1. The number of hydrogen-bond donors (Lipinski definition) is 2. The normalized spacial score (nSPS) is 13.6. The quantitative estimate of drug-likeness (QED) is 0.666. The fourth-order valence-electron chi connectivity index (χ4n) is 2.90. The standard InChI is InChI=1S/C17H24N2O3.C5H4ClNOS/c1-12(2)4-7-16(20)18-14-5-6-15(13(3)10-14)19-8-9-22-11-17(19)21;6-4-2-1-3(9-4)5(7)8/h5-6,10,12H,4,7-9,11H2,1-3H3,(H,18,20);1-2H,(H2,7,8). The van der Waals surface area contributed by atoms with Crippen molar-refractivity contribution in [1.82, 2.24) is 0 Å². The molecule has 0 unspecified atom stereocenters. The van der Waals surface area contributed by atoms with E-state index in [1.54, 1.807) is 17.0 Å². The highest BCUT2D eigenvalue weighted by Crippen LogP contribution is 2.25. The minimum absolute atomic E-state index is 0.0249. The molecule has 1 aromatic carbocycles. The number of amides is 3. The molecule has 0 bridgehead atoms. The molecule has 0 spiro atoms. The topological polar surface area (TPSA) is 102 Å². The summed E-state index contributed by atoms with van der Waals surface area (Å²) >= 11 is 6.70. The van der Waals surface area contributed by atoms with Crippen molar-refractivity contribution in [3.05, 3.63) is 45.1 Å². The number of aryl methyl sites for hydroxylation is 1. The first-order valence-electron chi connectivity index (χ1n) is 10.0. The number of halogens is 1. The number of carbonyl (C=O) groups excluding carboxylic acids is 3. The van der Waals surface area contributed by atoms with Crippen molar-refractivity contribution in [2.24, 2.45) is 11.7 Å². The van der Waals surface area contributed by atoms with Gasteiger partial charge in [-0.2, -0.15) is 0 Å². The van der Waals surface area contributed by atoms with Crippen LogP contribution >= 0.6 is 22.9 Å². The summed E-state index contributed by atoms with van der Waals surface area (Å²) in [5.41, 5.74) is 7.57. The van der Waals surface area contributed by atoms with Crippen molar-refractivity contribution in [2.75, 3.05) is 30.0 Å². The summed E-state index contributed by atoms with van der Waals surface area (Å²) in [4.78, 5) is 36.4. The molecular weight excluding hydrogens is 438 g/mol. The van der Waals surface area contributed by atoms with Crippen LogP contribution in [0.2, 0.25) is 4.34 Å². The maximum atomic E-state index is 11.9. The Morgan fingerprint density at radius 3 is 2.55 bits per heavy atom. The van der Waals surface area contributed by atoms with Gasteiger partial charge in [0.05, 0.1) is 15.8 Å². The van der Waals surface area contributed by atoms with Crippen molar-refractivity contribution in [3.8, 4) is 0 Å². The Hall–Kier alpha value is -2.42. The van der Waals surface area contributed by atoms with Crippen LogP contribution in [0.5, 0.6) is 0 Å². The second-order valence-electron chi connectivity index (χ2n) is 7.55. The SMILES string of the molecule is Cc1cc(NC(=O)CCC(C)C)ccc1N1CCOCC1=O.NC(=O)c1ccc(Cl)s1. The van der Waals surface area contributed by atoms with Crippen LogP contribution in [0, 0.1) is 12.8 Å². The molecule has 3 N–H and O–H groups in total. The number of primary amides is 1. The second-order valence-corrected chi connectivity index (χ2v) is 9.26. The van der Waals surface area contributed by atoms with Crippen LogP contribution in [0.25, 0.3) is 0 Å². The van der Waals surface area contributed by atoms with Gasteiger partial charge in [-0.05, 0) is 55.2 Å². The Bertz CT molecular complexity index is 929. The van der Waals surface area contributed by atoms with Gasteiger partial charge in [-0.15, -0.1) is 11.3 Å². The number of nitrogens with one attached hydrogen (secondary N) is 1. The molecule has 2 aromatic rings. The van der Waals surface area contributed by atoms with Gasteiger partial charge in [0, 0.05) is 24.3 Å². The van der Waals surface area contributed by atoms with E-state index < -0.39 is 5.91 Å². The third-order valence-electron chi connectivity index (χ3n) is 4.52. The van der Waals surface area contributed by atoms with E-state index in [9.17, 15) is 14.4 Å². The molecule has 1 fully saturated rings. The summed E-state index contributed by atoms with van der Waals surface area (Å²) in [5, 5.41) is 2.91. The molecule has 0 saturated carbocycles. The van der Waals surface area contributed by atoms with E-state index >= 15 is 0 Å². The molecule has 0 aliphatic carbocycles. The monoisotopic (exact) mass is 465 g/mol. The van der Waals surface area contributed by atoms with Gasteiger partial charge in [0.15, 0.2) is 0 Å². The number of thiophene rings is 1. The first-order valence-corrected chi connectivity index (χ1v) is 11.2. The third kappa shape index (κ3) is 7.97. The highest BCUT2D eigenvalue weighted by atomic mass is 35.5. The number of ether oxygens (including phenoxy) is 1. The third-order valence-corrected chi connectivity index (χ3v) is 5.77. The van der Waals surface area contributed by atoms with Crippen LogP contribution < -0.4 is 16.0 Å². The summed E-state index contributed by atoms with van der Waals surface area (Å²) in [6, 6.07) is 8.89. The zero-order valence-electron chi connectivity index (χ0n) is 17.9. The zero-order valence-corrected chi connectivity index (χ0v) is 19.5. The Morgan fingerprint density at radius 1 is 1.29 bits per heavy atom. The summed E-state index contributed by atoms with van der Waals surface area (Å²) in [6.45, 7) is 7.41. The molecule has 1 aliphatic rings. The van der Waals surface area contributed by atoms with Crippen LogP contribution in [0.1, 0.15) is 41.9 Å². The predicted octanol–water partition coefficient (Wildman–Crippen LogP) is 4.23. The first kappa shape index (κ1) is 24.8. The molecule has 1 aliphatic heterocycles. The van der Waals surface area contributed by atoms with Crippen LogP contribution in [0.15, 0.2) is 30.3 Å². The molecule has 168 valence electrons. The van der Waals surface area contributed by atoms with Crippen molar-refractivity contribution < 1.29 is 19.1 Å². The molecule has 31 heavy (non-hydrogen) atoms. The van der Waals surface area contributed by atoms with Gasteiger partial charge in [0.25, 0.3) is 11.8 Å². The smallest absolute Gasteiger partial charge is 0.258 e. The Morgan fingerprint density at radius 2 is 2.03 bits per heavy atom. The predicted molar refractivity (Wildman–Crippen MR) is 125 cm³/mol. The maximum absolute atomic E-state index is 11.9. The van der Waals surface area contributed by atoms with Crippen LogP contribution in [0.4, 0.5) is 11.4 Å². The van der Waals surface area contributed by atoms with Crippen molar-refractivity contribution in [2.45, 2.75) is 33.6 Å². The molecule has 1 aromatic heterocycles. The number of carbonyl (C=O) groups is 3. The first-order chi connectivity index (χ1) is 14.7. The van der Waals surface area contributed by atoms with Gasteiger partial charge in [0.1, 0.15) is 6.61 Å². The fourth-order valence-corrected chi connectivity index (χ4v) is 3.79. The molecule has 0 radical (unpaired) electrons. The average molecular weight is 466 g/mol. The Kier molecular flexibility index (Phi) is 9.48. The van der Waals surface area contributed by atoms with E-state index in [0.717, 1.165) is 23.4 Å². The minimum Gasteiger partial charge on any atom is -0.370 e. The van der Waals surface area contributed by atoms with Crippen molar-refractivity contribution in [1.29, 1.82) is 0 Å². The molecular formula is C22H28ClN3O4S. The van der Waals surface area contributed by atoms with E-state index in [0.29, 0.717) is 34.7 Å². The average Bonchev–Trinajstić information content (AvgIpc) is 3.15.